The standard InChI is InChI=1S/C16H19N3O3/c1-22-14-5-2-4-13(10-14)19-16(21)12-6-7-15(18-11-12)17-8-3-9-20/h2,4-7,10-11,20H,3,8-9H2,1H3,(H,17,18)(H,19,21). The molecule has 3 N–H and O–H groups in total. The Morgan fingerprint density at radius 2 is 2.18 bits per heavy atom. The molecule has 116 valence electrons. The molecule has 1 aromatic heterocycles. The number of anilines is 2. The Hall–Kier alpha value is -2.60. The molecule has 6 heteroatoms. The van der Waals surface area contributed by atoms with Crippen molar-refractivity contribution in [1.29, 1.82) is 0 Å². The number of aliphatic hydroxyl groups excluding tert-OH is 1. The van der Waals surface area contributed by atoms with Crippen LogP contribution in [-0.2, 0) is 0 Å². The summed E-state index contributed by atoms with van der Waals surface area (Å²) in [6, 6.07) is 10.6. The van der Waals surface area contributed by atoms with Crippen molar-refractivity contribution in [3.8, 4) is 5.75 Å². The van der Waals surface area contributed by atoms with Gasteiger partial charge in [-0.25, -0.2) is 4.98 Å². The summed E-state index contributed by atoms with van der Waals surface area (Å²) in [4.78, 5) is 16.3. The van der Waals surface area contributed by atoms with Gasteiger partial charge in [-0.1, -0.05) is 6.07 Å². The first-order valence-corrected chi connectivity index (χ1v) is 6.99. The predicted molar refractivity (Wildman–Crippen MR) is 85.4 cm³/mol. The molecule has 0 spiro atoms. The van der Waals surface area contributed by atoms with E-state index in [2.05, 4.69) is 15.6 Å². The molecule has 0 aliphatic carbocycles. The molecule has 0 saturated heterocycles. The van der Waals surface area contributed by atoms with Crippen molar-refractivity contribution in [3.63, 3.8) is 0 Å². The SMILES string of the molecule is COc1cccc(NC(=O)c2ccc(NCCCO)nc2)c1. The van der Waals surface area contributed by atoms with Gasteiger partial charge in [0.2, 0.25) is 0 Å². The van der Waals surface area contributed by atoms with Crippen LogP contribution >= 0.6 is 0 Å². The summed E-state index contributed by atoms with van der Waals surface area (Å²) in [5, 5.41) is 14.6. The number of pyridine rings is 1. The van der Waals surface area contributed by atoms with Crippen molar-refractivity contribution in [2.45, 2.75) is 6.42 Å². The number of carbonyl (C=O) groups is 1. The Kier molecular flexibility index (Phi) is 5.73. The van der Waals surface area contributed by atoms with E-state index in [-0.39, 0.29) is 12.5 Å². The summed E-state index contributed by atoms with van der Waals surface area (Å²) in [7, 11) is 1.58. The third kappa shape index (κ3) is 4.46. The topological polar surface area (TPSA) is 83.5 Å². The van der Waals surface area contributed by atoms with E-state index in [4.69, 9.17) is 9.84 Å². The van der Waals surface area contributed by atoms with Crippen LogP contribution in [0.3, 0.4) is 0 Å². The van der Waals surface area contributed by atoms with Crippen molar-refractivity contribution in [1.82, 2.24) is 4.98 Å². The first-order valence-electron chi connectivity index (χ1n) is 6.99. The Labute approximate surface area is 129 Å². The monoisotopic (exact) mass is 301 g/mol. The molecule has 22 heavy (non-hydrogen) atoms. The van der Waals surface area contributed by atoms with Gasteiger partial charge in [0.1, 0.15) is 11.6 Å². The highest BCUT2D eigenvalue weighted by Crippen LogP contribution is 2.17. The molecule has 0 saturated carbocycles. The molecule has 0 fully saturated rings. The van der Waals surface area contributed by atoms with E-state index in [1.807, 2.05) is 6.07 Å². The zero-order chi connectivity index (χ0) is 15.8. The van der Waals surface area contributed by atoms with Crippen LogP contribution in [-0.4, -0.2) is 36.3 Å². The highest BCUT2D eigenvalue weighted by atomic mass is 16.5. The van der Waals surface area contributed by atoms with Gasteiger partial charge in [-0.3, -0.25) is 4.79 Å². The molecule has 1 aromatic carbocycles. The van der Waals surface area contributed by atoms with Gasteiger partial charge in [-0.05, 0) is 30.7 Å². The number of nitrogens with zero attached hydrogens (tertiary/aromatic N) is 1. The van der Waals surface area contributed by atoms with Crippen LogP contribution in [0.25, 0.3) is 0 Å². The zero-order valence-electron chi connectivity index (χ0n) is 12.4. The number of hydrogen-bond donors (Lipinski definition) is 3. The highest BCUT2D eigenvalue weighted by Gasteiger charge is 2.07. The fourth-order valence-electron chi connectivity index (χ4n) is 1.83. The Morgan fingerprint density at radius 1 is 1.32 bits per heavy atom. The average molecular weight is 301 g/mol. The molecule has 0 aliphatic rings. The average Bonchev–Trinajstić information content (AvgIpc) is 2.56. The van der Waals surface area contributed by atoms with Crippen molar-refractivity contribution >= 4 is 17.4 Å². The lowest BCUT2D eigenvalue weighted by Crippen LogP contribution is -2.13. The Bertz CT molecular complexity index is 614. The lowest BCUT2D eigenvalue weighted by Gasteiger charge is -2.08. The second kappa shape index (κ2) is 7.99. The molecule has 0 aliphatic heterocycles. The minimum absolute atomic E-state index is 0.133. The van der Waals surface area contributed by atoms with Gasteiger partial charge in [-0.15, -0.1) is 0 Å². The quantitative estimate of drug-likeness (QED) is 0.682. The summed E-state index contributed by atoms with van der Waals surface area (Å²) in [6.07, 6.45) is 2.16. The first-order chi connectivity index (χ1) is 10.7. The maximum absolute atomic E-state index is 12.1. The molecule has 6 nitrogen and oxygen atoms in total. The molecule has 1 amide bonds. The second-order valence-electron chi connectivity index (χ2n) is 4.62. The van der Waals surface area contributed by atoms with E-state index in [1.165, 1.54) is 6.20 Å². The van der Waals surface area contributed by atoms with Crippen LogP contribution < -0.4 is 15.4 Å². The zero-order valence-corrected chi connectivity index (χ0v) is 12.4. The van der Waals surface area contributed by atoms with Crippen LogP contribution in [0.4, 0.5) is 11.5 Å². The fraction of sp³-hybridized carbons (Fsp3) is 0.250. The highest BCUT2D eigenvalue weighted by molar-refractivity contribution is 6.04. The number of ether oxygens (including phenoxy) is 1. The maximum Gasteiger partial charge on any atom is 0.257 e. The van der Waals surface area contributed by atoms with Gasteiger partial charge in [0.15, 0.2) is 0 Å². The molecule has 2 rings (SSSR count). The van der Waals surface area contributed by atoms with Gasteiger partial charge in [0.25, 0.3) is 5.91 Å². The second-order valence-corrected chi connectivity index (χ2v) is 4.62. The van der Waals surface area contributed by atoms with Crippen molar-refractivity contribution in [3.05, 3.63) is 48.2 Å². The molecule has 1 heterocycles. The van der Waals surface area contributed by atoms with Crippen LogP contribution in [0, 0.1) is 0 Å². The Morgan fingerprint density at radius 3 is 2.86 bits per heavy atom. The van der Waals surface area contributed by atoms with Crippen molar-refractivity contribution in [2.75, 3.05) is 30.9 Å². The third-order valence-electron chi connectivity index (χ3n) is 2.99. The summed E-state index contributed by atoms with van der Waals surface area (Å²) >= 11 is 0. The summed E-state index contributed by atoms with van der Waals surface area (Å²) in [5.74, 6) is 1.12. The van der Waals surface area contributed by atoms with E-state index < -0.39 is 0 Å². The summed E-state index contributed by atoms with van der Waals surface area (Å²) in [5.41, 5.74) is 1.13. The number of hydrogen-bond acceptors (Lipinski definition) is 5. The molecule has 0 bridgehead atoms. The van der Waals surface area contributed by atoms with E-state index >= 15 is 0 Å². The van der Waals surface area contributed by atoms with Gasteiger partial charge in [-0.2, -0.15) is 0 Å². The van der Waals surface area contributed by atoms with E-state index in [1.54, 1.807) is 37.4 Å². The van der Waals surface area contributed by atoms with Crippen molar-refractivity contribution < 1.29 is 14.6 Å². The number of aliphatic hydroxyl groups is 1. The van der Waals surface area contributed by atoms with Gasteiger partial charge < -0.3 is 20.5 Å². The molecule has 0 radical (unpaired) electrons. The van der Waals surface area contributed by atoms with E-state index in [9.17, 15) is 4.79 Å². The molecule has 2 aromatic rings. The number of amides is 1. The van der Waals surface area contributed by atoms with E-state index in [0.717, 1.165) is 0 Å². The minimum atomic E-state index is -0.234. The molecular formula is C16H19N3O3. The van der Waals surface area contributed by atoms with E-state index in [0.29, 0.717) is 35.8 Å². The number of carbonyl (C=O) groups excluding carboxylic acids is 1. The summed E-state index contributed by atoms with van der Waals surface area (Å²) in [6.45, 7) is 0.771. The third-order valence-corrected chi connectivity index (χ3v) is 2.99. The van der Waals surface area contributed by atoms with Gasteiger partial charge >= 0.3 is 0 Å². The molecule has 0 unspecified atom stereocenters. The number of nitrogens with one attached hydrogen (secondary N) is 2. The number of methoxy groups -OCH3 is 1. The maximum atomic E-state index is 12.1. The minimum Gasteiger partial charge on any atom is -0.497 e. The van der Waals surface area contributed by atoms with Crippen LogP contribution in [0.5, 0.6) is 5.75 Å². The van der Waals surface area contributed by atoms with Gasteiger partial charge in [0.05, 0.1) is 12.7 Å². The van der Waals surface area contributed by atoms with Crippen molar-refractivity contribution in [2.24, 2.45) is 0 Å². The number of rotatable bonds is 7. The lowest BCUT2D eigenvalue weighted by atomic mass is 10.2. The molecule has 0 atom stereocenters. The van der Waals surface area contributed by atoms with Crippen LogP contribution in [0.1, 0.15) is 16.8 Å². The largest absolute Gasteiger partial charge is 0.497 e. The summed E-state index contributed by atoms with van der Waals surface area (Å²) < 4.78 is 5.11. The van der Waals surface area contributed by atoms with Crippen LogP contribution in [0.2, 0.25) is 0 Å². The normalized spacial score (nSPS) is 10.1. The van der Waals surface area contributed by atoms with Crippen LogP contribution in [0.15, 0.2) is 42.6 Å². The Balaban J connectivity index is 1.97. The predicted octanol–water partition coefficient (Wildman–Crippen LogP) is 2.14. The number of benzene rings is 1. The first kappa shape index (κ1) is 15.8. The lowest BCUT2D eigenvalue weighted by molar-refractivity contribution is 0.102. The smallest absolute Gasteiger partial charge is 0.257 e. The van der Waals surface area contributed by atoms with Gasteiger partial charge in [0, 0.05) is 31.1 Å². The fourth-order valence-corrected chi connectivity index (χ4v) is 1.83. The number of aromatic nitrogens is 1. The molecular weight excluding hydrogens is 282 g/mol.